The Balaban J connectivity index is 1.53. The normalized spacial score (nSPS) is 10.9. The molecule has 0 spiro atoms. The number of hydrogen-bond acceptors (Lipinski definition) is 6. The van der Waals surface area contributed by atoms with Crippen molar-refractivity contribution in [2.24, 2.45) is 0 Å². The Morgan fingerprint density at radius 1 is 1.15 bits per heavy atom. The maximum absolute atomic E-state index is 13.2. The molecule has 0 radical (unpaired) electrons. The first-order chi connectivity index (χ1) is 16.3. The van der Waals surface area contributed by atoms with Gasteiger partial charge >= 0.3 is 0 Å². The van der Waals surface area contributed by atoms with Crippen molar-refractivity contribution in [2.45, 2.75) is 11.7 Å². The number of hydrogen-bond donors (Lipinski definition) is 1. The second-order valence-electron chi connectivity index (χ2n) is 7.64. The molecule has 4 rings (SSSR count). The molecule has 0 aliphatic rings. The maximum Gasteiger partial charge on any atom is 0.262 e. The number of furan rings is 1. The molecule has 0 fully saturated rings. The van der Waals surface area contributed by atoms with Crippen molar-refractivity contribution < 1.29 is 14.0 Å². The van der Waals surface area contributed by atoms with Gasteiger partial charge in [0.05, 0.1) is 29.5 Å². The van der Waals surface area contributed by atoms with Crippen LogP contribution >= 0.6 is 23.4 Å². The Labute approximate surface area is 204 Å². The van der Waals surface area contributed by atoms with E-state index in [1.54, 1.807) is 68.7 Å². The standard InChI is InChI=1S/C24H21ClN4O4S/c1-28(2)22(31)15-5-8-17(9-6-15)26-21(30)14-34-24-27-20-12-16(25)7-10-19(20)23(32)29(24)13-18-4-3-11-33-18/h3-12H,13-14H2,1-2H3,(H,26,30). The fraction of sp³-hybridized carbons (Fsp3) is 0.167. The highest BCUT2D eigenvalue weighted by Crippen LogP contribution is 2.22. The van der Waals surface area contributed by atoms with E-state index in [9.17, 15) is 14.4 Å². The van der Waals surface area contributed by atoms with Crippen molar-refractivity contribution in [3.63, 3.8) is 0 Å². The molecule has 2 heterocycles. The molecule has 1 N–H and O–H groups in total. The third-order valence-electron chi connectivity index (χ3n) is 4.93. The number of rotatable bonds is 7. The lowest BCUT2D eigenvalue weighted by Crippen LogP contribution is -2.24. The maximum atomic E-state index is 13.2. The zero-order valence-corrected chi connectivity index (χ0v) is 20.0. The van der Waals surface area contributed by atoms with Crippen LogP contribution in [0.1, 0.15) is 16.1 Å². The Bertz CT molecular complexity index is 1400. The fourth-order valence-electron chi connectivity index (χ4n) is 3.26. The zero-order chi connectivity index (χ0) is 24.2. The lowest BCUT2D eigenvalue weighted by Gasteiger charge is -2.13. The van der Waals surface area contributed by atoms with Gasteiger partial charge in [0.2, 0.25) is 5.91 Å². The van der Waals surface area contributed by atoms with Crippen LogP contribution in [-0.4, -0.2) is 46.1 Å². The first-order valence-electron chi connectivity index (χ1n) is 10.3. The number of aromatic nitrogens is 2. The van der Waals surface area contributed by atoms with Crippen molar-refractivity contribution in [3.05, 3.63) is 87.6 Å². The number of nitrogens with zero attached hydrogens (tertiary/aromatic N) is 3. The van der Waals surface area contributed by atoms with Crippen LogP contribution in [0.3, 0.4) is 0 Å². The Morgan fingerprint density at radius 3 is 2.59 bits per heavy atom. The van der Waals surface area contributed by atoms with Crippen molar-refractivity contribution in [3.8, 4) is 0 Å². The predicted molar refractivity (Wildman–Crippen MR) is 133 cm³/mol. The number of nitrogens with one attached hydrogen (secondary N) is 1. The molecule has 0 saturated heterocycles. The van der Waals surface area contributed by atoms with Gasteiger partial charge in [-0.2, -0.15) is 0 Å². The lowest BCUT2D eigenvalue weighted by atomic mass is 10.2. The van der Waals surface area contributed by atoms with E-state index in [1.165, 1.54) is 15.7 Å². The summed E-state index contributed by atoms with van der Waals surface area (Å²) in [4.78, 5) is 43.8. The summed E-state index contributed by atoms with van der Waals surface area (Å²) in [6, 6.07) is 15.1. The quantitative estimate of drug-likeness (QED) is 0.305. The molecule has 10 heteroatoms. The Kier molecular flexibility index (Phi) is 7.04. The molecular formula is C24H21ClN4O4S. The van der Waals surface area contributed by atoms with Crippen LogP contribution in [0.4, 0.5) is 5.69 Å². The number of benzene rings is 2. The first kappa shape index (κ1) is 23.6. The molecule has 0 aliphatic carbocycles. The molecule has 0 bridgehead atoms. The molecule has 0 saturated carbocycles. The smallest absolute Gasteiger partial charge is 0.262 e. The van der Waals surface area contributed by atoms with Crippen molar-refractivity contribution >= 4 is 51.8 Å². The predicted octanol–water partition coefficient (Wildman–Crippen LogP) is 4.12. The molecule has 2 amide bonds. The molecular weight excluding hydrogens is 476 g/mol. The summed E-state index contributed by atoms with van der Waals surface area (Å²) in [6.07, 6.45) is 1.53. The van der Waals surface area contributed by atoms with E-state index in [1.807, 2.05) is 0 Å². The summed E-state index contributed by atoms with van der Waals surface area (Å²) in [7, 11) is 3.35. The fourth-order valence-corrected chi connectivity index (χ4v) is 4.23. The van der Waals surface area contributed by atoms with Gasteiger partial charge in [-0.05, 0) is 54.6 Å². The van der Waals surface area contributed by atoms with Crippen molar-refractivity contribution in [2.75, 3.05) is 25.2 Å². The number of amides is 2. The van der Waals surface area contributed by atoms with Gasteiger partial charge in [-0.25, -0.2) is 4.98 Å². The van der Waals surface area contributed by atoms with Crippen LogP contribution < -0.4 is 10.9 Å². The lowest BCUT2D eigenvalue weighted by molar-refractivity contribution is -0.113. The Morgan fingerprint density at radius 2 is 1.91 bits per heavy atom. The number of carbonyl (C=O) groups excluding carboxylic acids is 2. The van der Waals surface area contributed by atoms with Crippen LogP contribution in [0.15, 0.2) is 75.2 Å². The highest BCUT2D eigenvalue weighted by atomic mass is 35.5. The van der Waals surface area contributed by atoms with Crippen LogP contribution in [-0.2, 0) is 11.3 Å². The third-order valence-corrected chi connectivity index (χ3v) is 6.14. The molecule has 8 nitrogen and oxygen atoms in total. The van der Waals surface area contributed by atoms with E-state index in [2.05, 4.69) is 10.3 Å². The average molecular weight is 497 g/mol. The van der Waals surface area contributed by atoms with Crippen molar-refractivity contribution in [1.29, 1.82) is 0 Å². The number of anilines is 1. The van der Waals surface area contributed by atoms with Crippen LogP contribution in [0.25, 0.3) is 10.9 Å². The van der Waals surface area contributed by atoms with Gasteiger partial charge in [0, 0.05) is 30.4 Å². The third kappa shape index (κ3) is 5.32. The molecule has 2 aromatic heterocycles. The molecule has 34 heavy (non-hydrogen) atoms. The van der Waals surface area contributed by atoms with Gasteiger partial charge in [0.15, 0.2) is 5.16 Å². The van der Waals surface area contributed by atoms with E-state index in [0.717, 1.165) is 11.8 Å². The highest BCUT2D eigenvalue weighted by molar-refractivity contribution is 7.99. The first-order valence-corrected chi connectivity index (χ1v) is 11.6. The van der Waals surface area contributed by atoms with Gasteiger partial charge in [-0.15, -0.1) is 0 Å². The number of thioether (sulfide) groups is 1. The summed E-state index contributed by atoms with van der Waals surface area (Å²) in [6.45, 7) is 0.183. The zero-order valence-electron chi connectivity index (χ0n) is 18.4. The van der Waals surface area contributed by atoms with Gasteiger partial charge in [-0.3, -0.25) is 19.0 Å². The topological polar surface area (TPSA) is 97.4 Å². The minimum atomic E-state index is -0.276. The molecule has 0 unspecified atom stereocenters. The number of carbonyl (C=O) groups is 2. The van der Waals surface area contributed by atoms with Crippen molar-refractivity contribution in [1.82, 2.24) is 14.5 Å². The molecule has 0 aliphatic heterocycles. The van der Waals surface area contributed by atoms with Gasteiger partial charge in [0.25, 0.3) is 11.5 Å². The van der Waals surface area contributed by atoms with Crippen LogP contribution in [0.5, 0.6) is 0 Å². The molecule has 174 valence electrons. The second-order valence-corrected chi connectivity index (χ2v) is 9.02. The summed E-state index contributed by atoms with van der Waals surface area (Å²) in [5, 5.41) is 4.06. The van der Waals surface area contributed by atoms with Crippen LogP contribution in [0, 0.1) is 0 Å². The molecule has 4 aromatic rings. The van der Waals surface area contributed by atoms with Crippen LogP contribution in [0.2, 0.25) is 5.02 Å². The summed E-state index contributed by atoms with van der Waals surface area (Å²) >= 11 is 7.22. The largest absolute Gasteiger partial charge is 0.467 e. The summed E-state index contributed by atoms with van der Waals surface area (Å²) < 4.78 is 6.88. The minimum absolute atomic E-state index is 0.0229. The van der Waals surface area contributed by atoms with Gasteiger partial charge in [0.1, 0.15) is 5.76 Å². The Hall–Kier alpha value is -3.56. The number of halogens is 1. The SMILES string of the molecule is CN(C)C(=O)c1ccc(NC(=O)CSc2nc3cc(Cl)ccc3c(=O)n2Cc2ccco2)cc1. The summed E-state index contributed by atoms with van der Waals surface area (Å²) in [5.74, 6) is 0.220. The minimum Gasteiger partial charge on any atom is -0.467 e. The van der Waals surface area contributed by atoms with E-state index >= 15 is 0 Å². The molecule has 2 aromatic carbocycles. The van der Waals surface area contributed by atoms with E-state index in [4.69, 9.17) is 16.0 Å². The highest BCUT2D eigenvalue weighted by Gasteiger charge is 2.15. The van der Waals surface area contributed by atoms with Gasteiger partial charge < -0.3 is 14.6 Å². The summed E-state index contributed by atoms with van der Waals surface area (Å²) in [5.41, 5.74) is 1.30. The monoisotopic (exact) mass is 496 g/mol. The number of fused-ring (bicyclic) bond motifs is 1. The average Bonchev–Trinajstić information content (AvgIpc) is 3.33. The van der Waals surface area contributed by atoms with E-state index < -0.39 is 0 Å². The second kappa shape index (κ2) is 10.1. The molecule has 0 atom stereocenters. The van der Waals surface area contributed by atoms with E-state index in [0.29, 0.717) is 38.1 Å². The van der Waals surface area contributed by atoms with E-state index in [-0.39, 0.29) is 29.7 Å². The van der Waals surface area contributed by atoms with Gasteiger partial charge in [-0.1, -0.05) is 23.4 Å².